The lowest BCUT2D eigenvalue weighted by Gasteiger charge is -2.32. The molecule has 102 valence electrons. The topological polar surface area (TPSA) is 70.7 Å². The van der Waals surface area contributed by atoms with E-state index in [0.717, 1.165) is 26.3 Å². The number of morpholine rings is 1. The minimum absolute atomic E-state index is 0.0199. The van der Waals surface area contributed by atoms with Crippen molar-refractivity contribution in [1.82, 2.24) is 15.5 Å². The van der Waals surface area contributed by atoms with E-state index in [1.165, 1.54) is 0 Å². The minimum atomic E-state index is -0.200. The standard InChI is InChI=1S/C12H21N3O3/c1-9(15-2-4-18-5-3-15)7-14-12(17)10-6-11(16)13-8-10/h9-10H,2-8H2,1H3,(H,13,16)(H,14,17). The van der Waals surface area contributed by atoms with Gasteiger partial charge >= 0.3 is 0 Å². The van der Waals surface area contributed by atoms with E-state index in [1.54, 1.807) is 0 Å². The average Bonchev–Trinajstić information content (AvgIpc) is 2.83. The number of rotatable bonds is 4. The van der Waals surface area contributed by atoms with Crippen LogP contribution in [0.3, 0.4) is 0 Å². The minimum Gasteiger partial charge on any atom is -0.379 e. The summed E-state index contributed by atoms with van der Waals surface area (Å²) >= 11 is 0. The van der Waals surface area contributed by atoms with Crippen LogP contribution >= 0.6 is 0 Å². The van der Waals surface area contributed by atoms with Crippen LogP contribution in [0.4, 0.5) is 0 Å². The fraction of sp³-hybridized carbons (Fsp3) is 0.833. The van der Waals surface area contributed by atoms with Crippen LogP contribution in [0.25, 0.3) is 0 Å². The zero-order valence-corrected chi connectivity index (χ0v) is 10.8. The number of ether oxygens (including phenoxy) is 1. The molecule has 0 saturated carbocycles. The van der Waals surface area contributed by atoms with E-state index in [0.29, 0.717) is 25.6 Å². The van der Waals surface area contributed by atoms with E-state index in [2.05, 4.69) is 22.5 Å². The first kappa shape index (κ1) is 13.3. The SMILES string of the molecule is CC(CNC(=O)C1CNC(=O)C1)N1CCOCC1. The summed E-state index contributed by atoms with van der Waals surface area (Å²) in [5.41, 5.74) is 0. The lowest BCUT2D eigenvalue weighted by atomic mass is 10.1. The number of hydrogen-bond acceptors (Lipinski definition) is 4. The summed E-state index contributed by atoms with van der Waals surface area (Å²) in [5.74, 6) is -0.251. The van der Waals surface area contributed by atoms with Gasteiger partial charge in [-0.25, -0.2) is 0 Å². The Balaban J connectivity index is 1.70. The highest BCUT2D eigenvalue weighted by atomic mass is 16.5. The van der Waals surface area contributed by atoms with Crippen LogP contribution in [0.5, 0.6) is 0 Å². The predicted molar refractivity (Wildman–Crippen MR) is 66.0 cm³/mol. The van der Waals surface area contributed by atoms with E-state index >= 15 is 0 Å². The van der Waals surface area contributed by atoms with Crippen molar-refractivity contribution in [3.05, 3.63) is 0 Å². The summed E-state index contributed by atoms with van der Waals surface area (Å²) < 4.78 is 5.29. The Kier molecular flexibility index (Phi) is 4.54. The molecule has 18 heavy (non-hydrogen) atoms. The number of amides is 2. The van der Waals surface area contributed by atoms with Gasteiger partial charge in [-0.05, 0) is 6.92 Å². The molecule has 2 atom stereocenters. The fourth-order valence-corrected chi connectivity index (χ4v) is 2.33. The molecule has 2 aliphatic rings. The highest BCUT2D eigenvalue weighted by molar-refractivity contribution is 5.89. The van der Waals surface area contributed by atoms with Crippen molar-refractivity contribution in [3.63, 3.8) is 0 Å². The summed E-state index contributed by atoms with van der Waals surface area (Å²) in [6.07, 6.45) is 0.317. The van der Waals surface area contributed by atoms with E-state index in [4.69, 9.17) is 4.74 Å². The van der Waals surface area contributed by atoms with Gasteiger partial charge in [0.05, 0.1) is 19.1 Å². The molecule has 2 amide bonds. The molecule has 0 aliphatic carbocycles. The van der Waals surface area contributed by atoms with Gasteiger partial charge in [0.1, 0.15) is 0 Å². The zero-order valence-electron chi connectivity index (χ0n) is 10.8. The third-order valence-corrected chi connectivity index (χ3v) is 3.59. The monoisotopic (exact) mass is 255 g/mol. The van der Waals surface area contributed by atoms with Gasteiger partial charge in [-0.3, -0.25) is 14.5 Å². The number of nitrogens with one attached hydrogen (secondary N) is 2. The molecule has 2 N–H and O–H groups in total. The second-order valence-corrected chi connectivity index (χ2v) is 4.95. The average molecular weight is 255 g/mol. The van der Waals surface area contributed by atoms with Crippen molar-refractivity contribution >= 4 is 11.8 Å². The predicted octanol–water partition coefficient (Wildman–Crippen LogP) is -1.04. The molecule has 6 heteroatoms. The van der Waals surface area contributed by atoms with E-state index in [1.807, 2.05) is 0 Å². The third kappa shape index (κ3) is 3.43. The Hall–Kier alpha value is -1.14. The van der Waals surface area contributed by atoms with Crippen LogP contribution in [-0.4, -0.2) is 62.1 Å². The lowest BCUT2D eigenvalue weighted by Crippen LogP contribution is -2.48. The van der Waals surface area contributed by atoms with Gasteiger partial charge in [0.15, 0.2) is 0 Å². The summed E-state index contributed by atoms with van der Waals surface area (Å²) in [7, 11) is 0. The number of hydrogen-bond donors (Lipinski definition) is 2. The normalized spacial score (nSPS) is 26.7. The quantitative estimate of drug-likeness (QED) is 0.673. The van der Waals surface area contributed by atoms with Gasteiger partial charge in [0.2, 0.25) is 11.8 Å². The lowest BCUT2D eigenvalue weighted by molar-refractivity contribution is -0.126. The Bertz CT molecular complexity index is 316. The van der Waals surface area contributed by atoms with Gasteiger partial charge in [-0.2, -0.15) is 0 Å². The first-order valence-electron chi connectivity index (χ1n) is 6.53. The van der Waals surface area contributed by atoms with Crippen molar-refractivity contribution in [1.29, 1.82) is 0 Å². The molecule has 0 aromatic heterocycles. The smallest absolute Gasteiger partial charge is 0.225 e. The molecular weight excluding hydrogens is 234 g/mol. The van der Waals surface area contributed by atoms with Crippen LogP contribution in [0.1, 0.15) is 13.3 Å². The molecule has 0 spiro atoms. The van der Waals surface area contributed by atoms with Crippen LogP contribution in [0.2, 0.25) is 0 Å². The molecule has 2 saturated heterocycles. The van der Waals surface area contributed by atoms with Gasteiger partial charge in [0, 0.05) is 38.6 Å². The second-order valence-electron chi connectivity index (χ2n) is 4.95. The van der Waals surface area contributed by atoms with Gasteiger partial charge in [-0.15, -0.1) is 0 Å². The Morgan fingerprint density at radius 3 is 2.89 bits per heavy atom. The van der Waals surface area contributed by atoms with Gasteiger partial charge in [0.25, 0.3) is 0 Å². The van der Waals surface area contributed by atoms with Crippen molar-refractivity contribution in [3.8, 4) is 0 Å². The largest absolute Gasteiger partial charge is 0.379 e. The van der Waals surface area contributed by atoms with Crippen LogP contribution in [-0.2, 0) is 14.3 Å². The first-order valence-corrected chi connectivity index (χ1v) is 6.53. The molecule has 0 aromatic rings. The van der Waals surface area contributed by atoms with Crippen LogP contribution in [0, 0.1) is 5.92 Å². The molecule has 6 nitrogen and oxygen atoms in total. The molecule has 2 unspecified atom stereocenters. The van der Waals surface area contributed by atoms with Gasteiger partial charge < -0.3 is 15.4 Å². The number of carbonyl (C=O) groups excluding carboxylic acids is 2. The first-order chi connectivity index (χ1) is 8.66. The summed E-state index contributed by atoms with van der Waals surface area (Å²) in [4.78, 5) is 25.2. The van der Waals surface area contributed by atoms with Gasteiger partial charge in [-0.1, -0.05) is 0 Å². The van der Waals surface area contributed by atoms with Crippen molar-refractivity contribution < 1.29 is 14.3 Å². The third-order valence-electron chi connectivity index (χ3n) is 3.59. The summed E-state index contributed by atoms with van der Waals surface area (Å²) in [6.45, 7) is 6.56. The molecule has 2 heterocycles. The highest BCUT2D eigenvalue weighted by Gasteiger charge is 2.28. The summed E-state index contributed by atoms with van der Waals surface area (Å²) in [6, 6.07) is 0.308. The molecular formula is C12H21N3O3. The molecule has 2 fully saturated rings. The summed E-state index contributed by atoms with van der Waals surface area (Å²) in [5, 5.41) is 5.60. The number of carbonyl (C=O) groups is 2. The molecule has 0 radical (unpaired) electrons. The molecule has 2 aliphatic heterocycles. The molecule has 0 bridgehead atoms. The Morgan fingerprint density at radius 2 is 2.28 bits per heavy atom. The Labute approximate surface area is 107 Å². The van der Waals surface area contributed by atoms with Crippen molar-refractivity contribution in [2.45, 2.75) is 19.4 Å². The zero-order chi connectivity index (χ0) is 13.0. The molecule has 0 aromatic carbocycles. The van der Waals surface area contributed by atoms with Crippen molar-refractivity contribution in [2.24, 2.45) is 5.92 Å². The fourth-order valence-electron chi connectivity index (χ4n) is 2.33. The molecule has 2 rings (SSSR count). The van der Waals surface area contributed by atoms with E-state index in [-0.39, 0.29) is 17.7 Å². The van der Waals surface area contributed by atoms with Crippen LogP contribution < -0.4 is 10.6 Å². The maximum atomic E-state index is 11.8. The number of nitrogens with zero attached hydrogens (tertiary/aromatic N) is 1. The maximum absolute atomic E-state index is 11.8. The van der Waals surface area contributed by atoms with E-state index in [9.17, 15) is 9.59 Å². The maximum Gasteiger partial charge on any atom is 0.225 e. The highest BCUT2D eigenvalue weighted by Crippen LogP contribution is 2.09. The van der Waals surface area contributed by atoms with Crippen LogP contribution in [0.15, 0.2) is 0 Å². The Morgan fingerprint density at radius 1 is 1.56 bits per heavy atom. The van der Waals surface area contributed by atoms with E-state index < -0.39 is 0 Å². The van der Waals surface area contributed by atoms with Crippen molar-refractivity contribution in [2.75, 3.05) is 39.4 Å². The second kappa shape index (κ2) is 6.15.